The zero-order valence-corrected chi connectivity index (χ0v) is 45.3. The van der Waals surface area contributed by atoms with Crippen LogP contribution in [0.3, 0.4) is 0 Å². The lowest BCUT2D eigenvalue weighted by Crippen LogP contribution is -2.47. The van der Waals surface area contributed by atoms with E-state index in [1.165, 1.54) is 154 Å². The van der Waals surface area contributed by atoms with E-state index in [4.69, 9.17) is 13.8 Å². The number of amides is 1. The number of quaternary nitrogens is 1. The number of ether oxygens (including phenoxy) is 1. The van der Waals surface area contributed by atoms with E-state index in [-0.39, 0.29) is 31.5 Å². The first-order chi connectivity index (χ1) is 31.9. The predicted molar refractivity (Wildman–Crippen MR) is 280 cm³/mol. The maximum Gasteiger partial charge on any atom is 0.306 e. The molecule has 3 atom stereocenters. The molecule has 66 heavy (non-hydrogen) atoms. The molecule has 0 aromatic heterocycles. The number of allylic oxidation sites excluding steroid dienone is 3. The first-order valence-corrected chi connectivity index (χ1v) is 29.6. The van der Waals surface area contributed by atoms with Gasteiger partial charge < -0.3 is 28.5 Å². The number of nitrogens with one attached hydrogen (secondary N) is 1. The third-order valence-corrected chi connectivity index (χ3v) is 13.6. The van der Waals surface area contributed by atoms with Gasteiger partial charge in [0, 0.05) is 12.8 Å². The molecule has 0 bridgehead atoms. The van der Waals surface area contributed by atoms with Gasteiger partial charge in [0.1, 0.15) is 19.3 Å². The topological polar surface area (TPSA) is 114 Å². The van der Waals surface area contributed by atoms with Gasteiger partial charge in [-0.3, -0.25) is 14.2 Å². The van der Waals surface area contributed by atoms with Crippen LogP contribution in [0, 0.1) is 0 Å². The SMILES string of the molecule is CCCC/C=C\CCCCCCCC(=O)OC(/C=C/CCCCCCCCCCCC)C(COP(=O)([O-])OCC[N+](C)(C)C)NC(=O)CCCCCCCCCCCCCCCCCCC. The number of nitrogens with zero attached hydrogens (tertiary/aromatic N) is 1. The second kappa shape index (κ2) is 47.2. The van der Waals surface area contributed by atoms with Crippen molar-refractivity contribution in [2.45, 2.75) is 283 Å². The smallest absolute Gasteiger partial charge is 0.306 e. The summed E-state index contributed by atoms with van der Waals surface area (Å²) < 4.78 is 30.2. The normalized spacial score (nSPS) is 14.0. The Morgan fingerprint density at radius 3 is 1.33 bits per heavy atom. The van der Waals surface area contributed by atoms with Crippen LogP contribution in [0.2, 0.25) is 0 Å². The quantitative estimate of drug-likeness (QED) is 0.0212. The van der Waals surface area contributed by atoms with Crippen molar-refractivity contribution in [3.63, 3.8) is 0 Å². The van der Waals surface area contributed by atoms with Crippen molar-refractivity contribution in [3.05, 3.63) is 24.3 Å². The average Bonchev–Trinajstić information content (AvgIpc) is 3.27. The lowest BCUT2D eigenvalue weighted by atomic mass is 10.0. The molecule has 0 radical (unpaired) electrons. The predicted octanol–water partition coefficient (Wildman–Crippen LogP) is 16.0. The monoisotopic (exact) mass is 953 g/mol. The summed E-state index contributed by atoms with van der Waals surface area (Å²) in [6.07, 6.45) is 52.8. The van der Waals surface area contributed by atoms with Crippen molar-refractivity contribution in [2.24, 2.45) is 0 Å². The lowest BCUT2D eigenvalue weighted by Gasteiger charge is -2.30. The van der Waals surface area contributed by atoms with Crippen LogP contribution in [-0.4, -0.2) is 69.4 Å². The highest BCUT2D eigenvalue weighted by Crippen LogP contribution is 2.38. The molecule has 0 saturated heterocycles. The number of carbonyl (C=O) groups excluding carboxylic acids is 2. The molecular weight excluding hydrogens is 844 g/mol. The highest BCUT2D eigenvalue weighted by molar-refractivity contribution is 7.45. The first-order valence-electron chi connectivity index (χ1n) is 28.1. The zero-order chi connectivity index (χ0) is 48.7. The Kier molecular flexibility index (Phi) is 46.1. The molecule has 390 valence electrons. The van der Waals surface area contributed by atoms with Gasteiger partial charge in [-0.1, -0.05) is 232 Å². The molecule has 3 unspecified atom stereocenters. The van der Waals surface area contributed by atoms with E-state index in [2.05, 4.69) is 38.2 Å². The summed E-state index contributed by atoms with van der Waals surface area (Å²) >= 11 is 0. The molecule has 0 rings (SSSR count). The summed E-state index contributed by atoms with van der Waals surface area (Å²) in [5.41, 5.74) is 0. The van der Waals surface area contributed by atoms with E-state index < -0.39 is 20.0 Å². The maximum absolute atomic E-state index is 13.5. The Bertz CT molecular complexity index is 1190. The summed E-state index contributed by atoms with van der Waals surface area (Å²) in [7, 11) is 1.19. The van der Waals surface area contributed by atoms with Crippen LogP contribution in [0.15, 0.2) is 24.3 Å². The summed E-state index contributed by atoms with van der Waals surface area (Å²) in [5, 5.41) is 3.02. The van der Waals surface area contributed by atoms with Gasteiger partial charge in [-0.2, -0.15) is 0 Å². The van der Waals surface area contributed by atoms with Crippen LogP contribution in [-0.2, 0) is 27.9 Å². The molecule has 9 nitrogen and oxygen atoms in total. The van der Waals surface area contributed by atoms with Crippen molar-refractivity contribution in [2.75, 3.05) is 40.9 Å². The molecule has 0 aliphatic heterocycles. The van der Waals surface area contributed by atoms with Gasteiger partial charge in [-0.05, 0) is 51.0 Å². The van der Waals surface area contributed by atoms with Crippen LogP contribution < -0.4 is 10.2 Å². The minimum atomic E-state index is -4.69. The van der Waals surface area contributed by atoms with Gasteiger partial charge in [-0.25, -0.2) is 0 Å². The molecular formula is C56H109N2O7P. The number of carbonyl (C=O) groups is 2. The summed E-state index contributed by atoms with van der Waals surface area (Å²) in [5.74, 6) is -0.542. The molecule has 1 amide bonds. The second-order valence-electron chi connectivity index (χ2n) is 20.4. The minimum absolute atomic E-state index is 0.0204. The third kappa shape index (κ3) is 47.6. The van der Waals surface area contributed by atoms with Crippen LogP contribution in [0.5, 0.6) is 0 Å². The largest absolute Gasteiger partial charge is 0.756 e. The molecule has 0 aromatic carbocycles. The highest BCUT2D eigenvalue weighted by Gasteiger charge is 2.27. The molecule has 0 spiro atoms. The molecule has 1 N–H and O–H groups in total. The van der Waals surface area contributed by atoms with Gasteiger partial charge in [0.2, 0.25) is 5.91 Å². The average molecular weight is 953 g/mol. The molecule has 0 aromatic rings. The number of hydrogen-bond donors (Lipinski definition) is 1. The van der Waals surface area contributed by atoms with E-state index in [0.29, 0.717) is 17.4 Å². The molecule has 10 heteroatoms. The molecule has 0 heterocycles. The van der Waals surface area contributed by atoms with E-state index in [9.17, 15) is 19.0 Å². The van der Waals surface area contributed by atoms with Crippen molar-refractivity contribution in [1.82, 2.24) is 5.32 Å². The maximum atomic E-state index is 13.5. The van der Waals surface area contributed by atoms with Gasteiger partial charge >= 0.3 is 5.97 Å². The Hall–Kier alpha value is -1.51. The van der Waals surface area contributed by atoms with Crippen LogP contribution in [0.25, 0.3) is 0 Å². The molecule has 0 fully saturated rings. The number of phosphoric acid groups is 1. The Morgan fingerprint density at radius 2 is 0.894 bits per heavy atom. The zero-order valence-electron chi connectivity index (χ0n) is 44.4. The standard InChI is InChI=1S/C56H109N2O7P/c1-7-10-13-16-19-22-25-27-28-29-30-31-34-36-39-42-45-48-55(59)57-53(52-64-66(61,62)63-51-50-58(4,5)6)54(47-44-41-38-35-33-26-23-20-17-14-11-8-2)65-56(60)49-46-43-40-37-32-24-21-18-15-12-9-3/h18,21,44,47,53-54H,7-17,19-20,22-43,45-46,48-52H2,1-6H3,(H-,57,59,61,62)/b21-18-,47-44+. The van der Waals surface area contributed by atoms with Gasteiger partial charge in [0.05, 0.1) is 33.8 Å². The van der Waals surface area contributed by atoms with E-state index >= 15 is 0 Å². The van der Waals surface area contributed by atoms with Gasteiger partial charge in [0.15, 0.2) is 0 Å². The van der Waals surface area contributed by atoms with Gasteiger partial charge in [0.25, 0.3) is 7.82 Å². The number of rotatable bonds is 51. The van der Waals surface area contributed by atoms with Gasteiger partial charge in [-0.15, -0.1) is 0 Å². The molecule has 0 aliphatic carbocycles. The lowest BCUT2D eigenvalue weighted by molar-refractivity contribution is -0.870. The van der Waals surface area contributed by atoms with Crippen molar-refractivity contribution in [1.29, 1.82) is 0 Å². The first kappa shape index (κ1) is 64.5. The van der Waals surface area contributed by atoms with E-state index in [1.807, 2.05) is 33.3 Å². The number of esters is 1. The van der Waals surface area contributed by atoms with E-state index in [0.717, 1.165) is 83.5 Å². The second-order valence-corrected chi connectivity index (χ2v) is 21.9. The van der Waals surface area contributed by atoms with Crippen LogP contribution >= 0.6 is 7.82 Å². The minimum Gasteiger partial charge on any atom is -0.756 e. The molecule has 0 aliphatic rings. The highest BCUT2D eigenvalue weighted by atomic mass is 31.2. The third-order valence-electron chi connectivity index (χ3n) is 12.6. The van der Waals surface area contributed by atoms with Crippen molar-refractivity contribution >= 4 is 19.7 Å². The number of hydrogen-bond acceptors (Lipinski definition) is 7. The van der Waals surface area contributed by atoms with Crippen molar-refractivity contribution < 1.29 is 37.3 Å². The Balaban J connectivity index is 5.30. The summed E-state index contributed by atoms with van der Waals surface area (Å²) in [4.78, 5) is 39.7. The number of phosphoric ester groups is 1. The fourth-order valence-corrected chi connectivity index (χ4v) is 8.93. The van der Waals surface area contributed by atoms with Crippen LogP contribution in [0.4, 0.5) is 0 Å². The Morgan fingerprint density at radius 1 is 0.515 bits per heavy atom. The summed E-state index contributed by atoms with van der Waals surface area (Å²) in [6.45, 7) is 6.82. The summed E-state index contributed by atoms with van der Waals surface area (Å²) in [6, 6.07) is -0.883. The van der Waals surface area contributed by atoms with Crippen molar-refractivity contribution in [3.8, 4) is 0 Å². The molecule has 0 saturated carbocycles. The fraction of sp³-hybridized carbons (Fsp3) is 0.893. The number of unbranched alkanes of at least 4 members (excludes halogenated alkanes) is 33. The van der Waals surface area contributed by atoms with E-state index in [1.54, 1.807) is 0 Å². The van der Waals surface area contributed by atoms with Crippen LogP contribution in [0.1, 0.15) is 271 Å². The Labute approximate surface area is 409 Å². The fourth-order valence-electron chi connectivity index (χ4n) is 8.21. The number of likely N-dealkylation sites (N-methyl/N-ethyl adjacent to an activating group) is 1.